The van der Waals surface area contributed by atoms with Gasteiger partial charge in [0.1, 0.15) is 5.01 Å². The van der Waals surface area contributed by atoms with Crippen molar-refractivity contribution in [3.8, 4) is 21.8 Å². The molecule has 0 radical (unpaired) electrons. The van der Waals surface area contributed by atoms with Crippen LogP contribution in [0.15, 0.2) is 53.9 Å². The van der Waals surface area contributed by atoms with E-state index in [1.807, 2.05) is 61.8 Å². The van der Waals surface area contributed by atoms with Gasteiger partial charge in [0.25, 0.3) is 0 Å². The number of aromatic nitrogens is 3. The highest BCUT2D eigenvalue weighted by molar-refractivity contribution is 7.13. The fraction of sp³-hybridized carbons (Fsp3) is 0.136. The number of nitrogens with two attached hydrogens (primary N) is 1. The third-order valence-corrected chi connectivity index (χ3v) is 6.06. The summed E-state index contributed by atoms with van der Waals surface area (Å²) in [6, 6.07) is 15.0. The quantitative estimate of drug-likeness (QED) is 0.499. The van der Waals surface area contributed by atoms with Crippen LogP contribution >= 0.6 is 22.9 Å². The average Bonchev–Trinajstić information content (AvgIpc) is 3.26. The van der Waals surface area contributed by atoms with Gasteiger partial charge in [-0.25, -0.2) is 4.98 Å². The number of primary amides is 1. The SMILES string of the molecule is Cc1nn(C)c(-c2ccccc2C(N)=O)c1Cc1csc(-c2ccccc2Cl)n1. The molecule has 0 atom stereocenters. The van der Waals surface area contributed by atoms with Crippen molar-refractivity contribution in [2.75, 3.05) is 0 Å². The summed E-state index contributed by atoms with van der Waals surface area (Å²) in [4.78, 5) is 16.7. The molecule has 4 rings (SSSR count). The first kappa shape index (κ1) is 19.4. The molecule has 29 heavy (non-hydrogen) atoms. The number of rotatable bonds is 5. The minimum atomic E-state index is -0.458. The fourth-order valence-electron chi connectivity index (χ4n) is 3.48. The van der Waals surface area contributed by atoms with Crippen LogP contribution in [0.5, 0.6) is 0 Å². The van der Waals surface area contributed by atoms with Gasteiger partial charge in [-0.2, -0.15) is 5.10 Å². The van der Waals surface area contributed by atoms with E-state index in [9.17, 15) is 4.79 Å². The molecule has 2 N–H and O–H groups in total. The molecule has 2 aromatic heterocycles. The Morgan fingerprint density at radius 3 is 2.55 bits per heavy atom. The van der Waals surface area contributed by atoms with Gasteiger partial charge in [-0.3, -0.25) is 9.48 Å². The van der Waals surface area contributed by atoms with Gasteiger partial charge < -0.3 is 5.73 Å². The molecule has 4 aromatic rings. The van der Waals surface area contributed by atoms with E-state index < -0.39 is 5.91 Å². The summed E-state index contributed by atoms with van der Waals surface area (Å²) in [7, 11) is 1.87. The summed E-state index contributed by atoms with van der Waals surface area (Å²) in [6.07, 6.45) is 0.600. The lowest BCUT2D eigenvalue weighted by molar-refractivity contribution is 0.100. The third-order valence-electron chi connectivity index (χ3n) is 4.81. The second-order valence-corrected chi connectivity index (χ2v) is 8.01. The first-order valence-electron chi connectivity index (χ1n) is 9.06. The predicted octanol–water partition coefficient (Wildman–Crippen LogP) is 4.86. The van der Waals surface area contributed by atoms with Crippen LogP contribution in [-0.4, -0.2) is 20.7 Å². The maximum atomic E-state index is 11.9. The summed E-state index contributed by atoms with van der Waals surface area (Å²) in [5.74, 6) is -0.458. The molecule has 5 nitrogen and oxygen atoms in total. The van der Waals surface area contributed by atoms with E-state index in [1.54, 1.807) is 22.1 Å². The second kappa shape index (κ2) is 7.81. The largest absolute Gasteiger partial charge is 0.366 e. The zero-order chi connectivity index (χ0) is 20.5. The number of carbonyl (C=O) groups is 1. The molecule has 0 unspecified atom stereocenters. The van der Waals surface area contributed by atoms with Gasteiger partial charge in [-0.05, 0) is 19.1 Å². The molecule has 0 saturated carbocycles. The summed E-state index contributed by atoms with van der Waals surface area (Å²) in [5, 5.41) is 8.18. The van der Waals surface area contributed by atoms with Gasteiger partial charge in [-0.1, -0.05) is 48.0 Å². The molecule has 7 heteroatoms. The Morgan fingerprint density at radius 2 is 1.83 bits per heavy atom. The normalized spacial score (nSPS) is 11.0. The number of thiazole rings is 1. The molecule has 0 bridgehead atoms. The number of halogens is 1. The van der Waals surface area contributed by atoms with Gasteiger partial charge in [-0.15, -0.1) is 11.3 Å². The highest BCUT2D eigenvalue weighted by Crippen LogP contribution is 2.33. The molecule has 0 spiro atoms. The fourth-order valence-corrected chi connectivity index (χ4v) is 4.62. The molecular formula is C22H19ClN4OS. The number of hydrogen-bond donors (Lipinski definition) is 1. The molecule has 1 amide bonds. The lowest BCUT2D eigenvalue weighted by Crippen LogP contribution is -2.13. The lowest BCUT2D eigenvalue weighted by atomic mass is 9.98. The van der Waals surface area contributed by atoms with Crippen LogP contribution in [0.3, 0.4) is 0 Å². The van der Waals surface area contributed by atoms with Crippen molar-refractivity contribution in [3.05, 3.63) is 81.4 Å². The van der Waals surface area contributed by atoms with E-state index in [0.29, 0.717) is 17.0 Å². The van der Waals surface area contributed by atoms with Crippen molar-refractivity contribution in [3.63, 3.8) is 0 Å². The summed E-state index contributed by atoms with van der Waals surface area (Å²) in [6.45, 7) is 1.97. The number of hydrogen-bond acceptors (Lipinski definition) is 4. The minimum Gasteiger partial charge on any atom is -0.366 e. The molecule has 2 heterocycles. The monoisotopic (exact) mass is 422 g/mol. The second-order valence-electron chi connectivity index (χ2n) is 6.75. The number of benzene rings is 2. The Hall–Kier alpha value is -2.96. The summed E-state index contributed by atoms with van der Waals surface area (Å²) >= 11 is 7.88. The third kappa shape index (κ3) is 3.69. The van der Waals surface area contributed by atoms with Crippen LogP contribution in [0, 0.1) is 6.92 Å². The number of carbonyl (C=O) groups excluding carboxylic acids is 1. The van der Waals surface area contributed by atoms with E-state index in [4.69, 9.17) is 22.3 Å². The zero-order valence-electron chi connectivity index (χ0n) is 16.0. The smallest absolute Gasteiger partial charge is 0.249 e. The van der Waals surface area contributed by atoms with Crippen molar-refractivity contribution < 1.29 is 4.79 Å². The molecule has 0 aliphatic heterocycles. The maximum absolute atomic E-state index is 11.9. The molecule has 0 fully saturated rings. The van der Waals surface area contributed by atoms with E-state index in [1.165, 1.54) is 0 Å². The molecule has 2 aromatic carbocycles. The highest BCUT2D eigenvalue weighted by atomic mass is 35.5. The van der Waals surface area contributed by atoms with Gasteiger partial charge in [0.05, 0.1) is 22.1 Å². The Kier molecular flexibility index (Phi) is 5.22. The van der Waals surface area contributed by atoms with E-state index in [-0.39, 0.29) is 0 Å². The Bertz CT molecular complexity index is 1210. The Morgan fingerprint density at radius 1 is 1.14 bits per heavy atom. The van der Waals surface area contributed by atoms with Crippen molar-refractivity contribution in [1.29, 1.82) is 0 Å². The number of nitrogens with zero attached hydrogens (tertiary/aromatic N) is 3. The van der Waals surface area contributed by atoms with Crippen molar-refractivity contribution in [2.24, 2.45) is 12.8 Å². The minimum absolute atomic E-state index is 0.458. The van der Waals surface area contributed by atoms with Gasteiger partial charge in [0.15, 0.2) is 0 Å². The number of amides is 1. The number of aryl methyl sites for hydroxylation is 2. The van der Waals surface area contributed by atoms with Crippen LogP contribution in [0.25, 0.3) is 21.8 Å². The van der Waals surface area contributed by atoms with E-state index in [0.717, 1.165) is 38.8 Å². The van der Waals surface area contributed by atoms with Crippen molar-refractivity contribution >= 4 is 28.8 Å². The Balaban J connectivity index is 1.75. The molecule has 0 aliphatic carbocycles. The molecule has 146 valence electrons. The standard InChI is InChI=1S/C22H19ClN4OS/c1-13-18(11-14-12-29-22(25-14)17-9-5-6-10-19(17)23)20(27(2)26-13)15-7-3-4-8-16(15)21(24)28/h3-10,12H,11H2,1-2H3,(H2,24,28). The van der Waals surface area contributed by atoms with Crippen LogP contribution in [0.1, 0.15) is 27.3 Å². The van der Waals surface area contributed by atoms with Gasteiger partial charge in [0, 0.05) is 41.1 Å². The predicted molar refractivity (Wildman–Crippen MR) is 117 cm³/mol. The molecule has 0 saturated heterocycles. The van der Waals surface area contributed by atoms with Crippen molar-refractivity contribution in [1.82, 2.24) is 14.8 Å². The Labute approximate surface area is 177 Å². The van der Waals surface area contributed by atoms with E-state index >= 15 is 0 Å². The van der Waals surface area contributed by atoms with Crippen LogP contribution in [0.2, 0.25) is 5.02 Å². The van der Waals surface area contributed by atoms with Crippen LogP contribution in [-0.2, 0) is 13.5 Å². The topological polar surface area (TPSA) is 73.8 Å². The van der Waals surface area contributed by atoms with E-state index in [2.05, 4.69) is 5.10 Å². The van der Waals surface area contributed by atoms with Crippen molar-refractivity contribution in [2.45, 2.75) is 13.3 Å². The highest BCUT2D eigenvalue weighted by Gasteiger charge is 2.20. The maximum Gasteiger partial charge on any atom is 0.249 e. The first-order valence-corrected chi connectivity index (χ1v) is 10.3. The van der Waals surface area contributed by atoms with Gasteiger partial charge >= 0.3 is 0 Å². The lowest BCUT2D eigenvalue weighted by Gasteiger charge is -2.10. The summed E-state index contributed by atoms with van der Waals surface area (Å²) < 4.78 is 1.80. The van der Waals surface area contributed by atoms with Crippen LogP contribution < -0.4 is 5.73 Å². The van der Waals surface area contributed by atoms with Crippen LogP contribution in [0.4, 0.5) is 0 Å². The molecular weight excluding hydrogens is 404 g/mol. The molecule has 0 aliphatic rings. The van der Waals surface area contributed by atoms with Gasteiger partial charge in [0.2, 0.25) is 5.91 Å². The summed E-state index contributed by atoms with van der Waals surface area (Å²) in [5.41, 5.74) is 11.5. The zero-order valence-corrected chi connectivity index (χ0v) is 17.6. The average molecular weight is 423 g/mol. The first-order chi connectivity index (χ1) is 14.0.